The summed E-state index contributed by atoms with van der Waals surface area (Å²) >= 11 is 0. The lowest BCUT2D eigenvalue weighted by Crippen LogP contribution is -2.30. The highest BCUT2D eigenvalue weighted by Crippen LogP contribution is 2.20. The maximum atomic E-state index is 12.3. The largest absolute Gasteiger partial charge is 0.491 e. The van der Waals surface area contributed by atoms with Gasteiger partial charge in [-0.05, 0) is 74.6 Å². The van der Waals surface area contributed by atoms with Crippen LogP contribution in [-0.4, -0.2) is 32.1 Å². The summed E-state index contributed by atoms with van der Waals surface area (Å²) in [7, 11) is 0. The minimum Gasteiger partial charge on any atom is -0.491 e. The van der Waals surface area contributed by atoms with Crippen LogP contribution in [0.1, 0.15) is 40.7 Å². The fourth-order valence-electron chi connectivity index (χ4n) is 3.27. The highest BCUT2D eigenvalue weighted by molar-refractivity contribution is 5.94. The molecular weight excluding hydrogens is 324 g/mol. The summed E-state index contributed by atoms with van der Waals surface area (Å²) in [6.45, 7) is 7.24. The molecule has 1 fully saturated rings. The van der Waals surface area contributed by atoms with Crippen molar-refractivity contribution in [2.45, 2.75) is 33.1 Å². The van der Waals surface area contributed by atoms with E-state index >= 15 is 0 Å². The van der Waals surface area contributed by atoms with E-state index in [0.717, 1.165) is 24.4 Å². The summed E-state index contributed by atoms with van der Waals surface area (Å²) < 4.78 is 5.78. The van der Waals surface area contributed by atoms with Gasteiger partial charge in [0.2, 0.25) is 0 Å². The van der Waals surface area contributed by atoms with Crippen molar-refractivity contribution in [1.82, 2.24) is 5.32 Å². The Morgan fingerprint density at radius 2 is 1.77 bits per heavy atom. The van der Waals surface area contributed by atoms with Gasteiger partial charge in [-0.25, -0.2) is 0 Å². The minimum atomic E-state index is -0.0558. The average molecular weight is 352 g/mol. The van der Waals surface area contributed by atoms with Crippen LogP contribution in [0.4, 0.5) is 5.69 Å². The molecule has 1 aliphatic heterocycles. The van der Waals surface area contributed by atoms with Crippen LogP contribution >= 0.6 is 0 Å². The maximum absolute atomic E-state index is 12.3. The molecule has 0 unspecified atom stereocenters. The van der Waals surface area contributed by atoms with Crippen molar-refractivity contribution in [3.63, 3.8) is 0 Å². The van der Waals surface area contributed by atoms with Crippen molar-refractivity contribution in [1.29, 1.82) is 0 Å². The molecule has 0 aromatic heterocycles. The molecule has 1 amide bonds. The molecule has 26 heavy (non-hydrogen) atoms. The van der Waals surface area contributed by atoms with Crippen molar-refractivity contribution in [2.24, 2.45) is 0 Å². The van der Waals surface area contributed by atoms with Crippen molar-refractivity contribution in [3.05, 3.63) is 59.2 Å². The minimum absolute atomic E-state index is 0.0558. The average Bonchev–Trinajstić information content (AvgIpc) is 2.68. The van der Waals surface area contributed by atoms with Crippen molar-refractivity contribution in [2.75, 3.05) is 31.1 Å². The third kappa shape index (κ3) is 4.78. The number of hydrogen-bond donors (Lipinski definition) is 1. The number of piperidine rings is 1. The summed E-state index contributed by atoms with van der Waals surface area (Å²) in [6, 6.07) is 14.1. The Balaban J connectivity index is 1.46. The molecule has 2 aromatic rings. The smallest absolute Gasteiger partial charge is 0.251 e. The SMILES string of the molecule is Cc1ccc(C)c(OCCNC(=O)c2ccc(N3CCCCC3)cc2)c1. The zero-order chi connectivity index (χ0) is 18.4. The van der Waals surface area contributed by atoms with E-state index in [0.29, 0.717) is 18.7 Å². The van der Waals surface area contributed by atoms with E-state index in [1.807, 2.05) is 50.2 Å². The van der Waals surface area contributed by atoms with Gasteiger partial charge in [-0.2, -0.15) is 0 Å². The highest BCUT2D eigenvalue weighted by Gasteiger charge is 2.12. The molecule has 1 heterocycles. The van der Waals surface area contributed by atoms with Crippen LogP contribution in [0.3, 0.4) is 0 Å². The predicted octanol–water partition coefficient (Wildman–Crippen LogP) is 4.10. The molecule has 1 aliphatic rings. The first-order valence-electron chi connectivity index (χ1n) is 9.47. The Morgan fingerprint density at radius 1 is 1.04 bits per heavy atom. The Labute approximate surface area is 156 Å². The molecule has 3 rings (SSSR count). The van der Waals surface area contributed by atoms with Crippen LogP contribution in [0, 0.1) is 13.8 Å². The lowest BCUT2D eigenvalue weighted by atomic mass is 10.1. The van der Waals surface area contributed by atoms with Gasteiger partial charge >= 0.3 is 0 Å². The molecule has 1 saturated heterocycles. The topological polar surface area (TPSA) is 41.6 Å². The second-order valence-electron chi connectivity index (χ2n) is 6.97. The molecular formula is C22H28N2O2. The lowest BCUT2D eigenvalue weighted by Gasteiger charge is -2.28. The van der Waals surface area contributed by atoms with Crippen molar-refractivity contribution in [3.8, 4) is 5.75 Å². The number of anilines is 1. The van der Waals surface area contributed by atoms with Gasteiger partial charge in [-0.15, -0.1) is 0 Å². The van der Waals surface area contributed by atoms with Gasteiger partial charge in [0.25, 0.3) is 5.91 Å². The van der Waals surface area contributed by atoms with Crippen LogP contribution < -0.4 is 15.0 Å². The van der Waals surface area contributed by atoms with Crippen LogP contribution in [-0.2, 0) is 0 Å². The van der Waals surface area contributed by atoms with Gasteiger partial charge < -0.3 is 15.0 Å². The molecule has 4 nitrogen and oxygen atoms in total. The summed E-state index contributed by atoms with van der Waals surface area (Å²) in [5.74, 6) is 0.824. The Hall–Kier alpha value is -2.49. The fraction of sp³-hybridized carbons (Fsp3) is 0.409. The lowest BCUT2D eigenvalue weighted by molar-refractivity contribution is 0.0947. The van der Waals surface area contributed by atoms with Crippen LogP contribution in [0.2, 0.25) is 0 Å². The van der Waals surface area contributed by atoms with Gasteiger partial charge in [-0.3, -0.25) is 4.79 Å². The van der Waals surface area contributed by atoms with Gasteiger partial charge in [0, 0.05) is 24.3 Å². The fourth-order valence-corrected chi connectivity index (χ4v) is 3.27. The van der Waals surface area contributed by atoms with E-state index < -0.39 is 0 Å². The monoisotopic (exact) mass is 352 g/mol. The maximum Gasteiger partial charge on any atom is 0.251 e. The van der Waals surface area contributed by atoms with Gasteiger partial charge in [0.05, 0.1) is 6.54 Å². The molecule has 0 atom stereocenters. The standard InChI is InChI=1S/C22H28N2O2/c1-17-6-7-18(2)21(16-17)26-15-12-23-22(25)19-8-10-20(11-9-19)24-13-4-3-5-14-24/h6-11,16H,3-5,12-15H2,1-2H3,(H,23,25). The highest BCUT2D eigenvalue weighted by atomic mass is 16.5. The summed E-state index contributed by atoms with van der Waals surface area (Å²) in [5, 5.41) is 2.92. The Bertz CT molecular complexity index is 734. The van der Waals surface area contributed by atoms with Gasteiger partial charge in [0.15, 0.2) is 0 Å². The number of rotatable bonds is 6. The second kappa shape index (κ2) is 8.75. The zero-order valence-corrected chi connectivity index (χ0v) is 15.8. The quantitative estimate of drug-likeness (QED) is 0.796. The van der Waals surface area contributed by atoms with E-state index in [4.69, 9.17) is 4.74 Å². The number of aryl methyl sites for hydroxylation is 2. The molecule has 0 bridgehead atoms. The number of amides is 1. The first kappa shape index (κ1) is 18.3. The number of benzene rings is 2. The summed E-state index contributed by atoms with van der Waals surface area (Å²) in [5.41, 5.74) is 4.18. The third-order valence-electron chi connectivity index (χ3n) is 4.84. The molecule has 4 heteroatoms. The second-order valence-corrected chi connectivity index (χ2v) is 6.97. The van der Waals surface area contributed by atoms with E-state index in [2.05, 4.69) is 16.3 Å². The molecule has 0 aliphatic carbocycles. The Kier molecular flexibility index (Phi) is 6.16. The summed E-state index contributed by atoms with van der Waals surface area (Å²) in [6.07, 6.45) is 3.83. The first-order chi connectivity index (χ1) is 12.6. The summed E-state index contributed by atoms with van der Waals surface area (Å²) in [4.78, 5) is 14.7. The number of hydrogen-bond acceptors (Lipinski definition) is 3. The predicted molar refractivity (Wildman–Crippen MR) is 106 cm³/mol. The van der Waals surface area contributed by atoms with Crippen LogP contribution in [0.5, 0.6) is 5.75 Å². The van der Waals surface area contributed by atoms with E-state index in [9.17, 15) is 4.79 Å². The molecule has 0 spiro atoms. The zero-order valence-electron chi connectivity index (χ0n) is 15.8. The third-order valence-corrected chi connectivity index (χ3v) is 4.84. The number of carbonyl (C=O) groups excluding carboxylic acids is 1. The Morgan fingerprint density at radius 3 is 2.50 bits per heavy atom. The van der Waals surface area contributed by atoms with Gasteiger partial charge in [-0.1, -0.05) is 12.1 Å². The van der Waals surface area contributed by atoms with E-state index in [-0.39, 0.29) is 5.91 Å². The normalized spacial score (nSPS) is 14.2. The molecule has 138 valence electrons. The number of ether oxygens (including phenoxy) is 1. The first-order valence-corrected chi connectivity index (χ1v) is 9.47. The number of nitrogens with zero attached hydrogens (tertiary/aromatic N) is 1. The van der Waals surface area contributed by atoms with Crippen molar-refractivity contribution < 1.29 is 9.53 Å². The van der Waals surface area contributed by atoms with Crippen LogP contribution in [0.25, 0.3) is 0 Å². The molecule has 0 saturated carbocycles. The van der Waals surface area contributed by atoms with Crippen LogP contribution in [0.15, 0.2) is 42.5 Å². The number of nitrogens with one attached hydrogen (secondary N) is 1. The van der Waals surface area contributed by atoms with Gasteiger partial charge in [0.1, 0.15) is 12.4 Å². The number of carbonyl (C=O) groups is 1. The van der Waals surface area contributed by atoms with E-state index in [1.54, 1.807) is 0 Å². The van der Waals surface area contributed by atoms with E-state index in [1.165, 1.54) is 30.5 Å². The molecule has 0 radical (unpaired) electrons. The molecule has 2 aromatic carbocycles. The molecule has 1 N–H and O–H groups in total. The van der Waals surface area contributed by atoms with Crippen molar-refractivity contribution >= 4 is 11.6 Å².